The van der Waals surface area contributed by atoms with Crippen molar-refractivity contribution in [1.82, 2.24) is 4.90 Å². The molecule has 1 saturated carbocycles. The third-order valence-corrected chi connectivity index (χ3v) is 6.65. The maximum absolute atomic E-state index is 5.77. The van der Waals surface area contributed by atoms with Gasteiger partial charge in [-0.05, 0) is 80.1 Å². The molecule has 2 aliphatic rings. The molecular weight excluding hydrogens is 306 g/mol. The van der Waals surface area contributed by atoms with Gasteiger partial charge in [0.25, 0.3) is 0 Å². The molecule has 0 atom stereocenters. The van der Waals surface area contributed by atoms with Crippen LogP contribution in [0.25, 0.3) is 0 Å². The molecule has 0 aromatic rings. The first-order valence-electron chi connectivity index (χ1n) is 10.9. The third kappa shape index (κ3) is 7.21. The monoisotopic (exact) mass is 351 g/mol. The fraction of sp³-hybridized carbons (Fsp3) is 1.00. The fourth-order valence-corrected chi connectivity index (χ4v) is 4.67. The second-order valence-corrected chi connectivity index (χ2v) is 11.3. The summed E-state index contributed by atoms with van der Waals surface area (Å²) in [6.45, 7) is 20.1. The second kappa shape index (κ2) is 8.74. The van der Waals surface area contributed by atoms with Crippen molar-refractivity contribution >= 4 is 0 Å². The second-order valence-electron chi connectivity index (χ2n) is 11.3. The van der Waals surface area contributed by atoms with Crippen molar-refractivity contribution < 1.29 is 4.74 Å². The highest BCUT2D eigenvalue weighted by Crippen LogP contribution is 2.49. The van der Waals surface area contributed by atoms with Crippen LogP contribution < -0.4 is 0 Å². The maximum Gasteiger partial charge on any atom is 0.0471 e. The van der Waals surface area contributed by atoms with Crippen LogP contribution in [0.2, 0.25) is 0 Å². The predicted molar refractivity (Wildman–Crippen MR) is 109 cm³/mol. The van der Waals surface area contributed by atoms with Gasteiger partial charge in [-0.15, -0.1) is 0 Å². The van der Waals surface area contributed by atoms with Gasteiger partial charge in [-0.1, -0.05) is 41.5 Å². The van der Waals surface area contributed by atoms with Crippen LogP contribution in [0, 0.1) is 22.2 Å². The van der Waals surface area contributed by atoms with Crippen LogP contribution in [-0.2, 0) is 4.74 Å². The summed E-state index contributed by atoms with van der Waals surface area (Å²) in [5.74, 6) is 0.949. The molecule has 25 heavy (non-hydrogen) atoms. The van der Waals surface area contributed by atoms with Gasteiger partial charge in [-0.25, -0.2) is 0 Å². The number of likely N-dealkylation sites (tertiary alicyclic amines) is 1. The topological polar surface area (TPSA) is 12.5 Å². The average Bonchev–Trinajstić information content (AvgIpc) is 2.46. The van der Waals surface area contributed by atoms with E-state index < -0.39 is 0 Å². The van der Waals surface area contributed by atoms with Gasteiger partial charge in [0.2, 0.25) is 0 Å². The predicted octanol–water partition coefficient (Wildman–Crippen LogP) is 6.15. The highest BCUT2D eigenvalue weighted by atomic mass is 16.5. The van der Waals surface area contributed by atoms with Gasteiger partial charge in [0, 0.05) is 26.3 Å². The van der Waals surface area contributed by atoms with Crippen molar-refractivity contribution in [2.45, 2.75) is 92.9 Å². The molecule has 1 saturated heterocycles. The summed E-state index contributed by atoms with van der Waals surface area (Å²) in [5, 5.41) is 0. The van der Waals surface area contributed by atoms with Crippen LogP contribution in [0.15, 0.2) is 0 Å². The summed E-state index contributed by atoms with van der Waals surface area (Å²) in [6, 6.07) is 0. The molecule has 0 N–H and O–H groups in total. The summed E-state index contributed by atoms with van der Waals surface area (Å²) in [5.41, 5.74) is 1.62. The molecule has 1 aliphatic carbocycles. The minimum absolute atomic E-state index is 0.402. The third-order valence-electron chi connectivity index (χ3n) is 6.65. The van der Waals surface area contributed by atoms with Crippen LogP contribution in [-0.4, -0.2) is 37.7 Å². The average molecular weight is 352 g/mol. The zero-order valence-corrected chi connectivity index (χ0v) is 18.1. The molecule has 1 heterocycles. The molecule has 0 amide bonds. The van der Waals surface area contributed by atoms with Crippen molar-refractivity contribution in [2.24, 2.45) is 22.2 Å². The molecule has 0 aromatic carbocycles. The van der Waals surface area contributed by atoms with E-state index in [2.05, 4.69) is 46.4 Å². The van der Waals surface area contributed by atoms with Crippen LogP contribution >= 0.6 is 0 Å². The van der Waals surface area contributed by atoms with Crippen molar-refractivity contribution in [3.63, 3.8) is 0 Å². The molecule has 0 radical (unpaired) electrons. The van der Waals surface area contributed by atoms with E-state index in [1.165, 1.54) is 71.0 Å². The highest BCUT2D eigenvalue weighted by molar-refractivity contribution is 4.98. The van der Waals surface area contributed by atoms with Gasteiger partial charge >= 0.3 is 0 Å². The van der Waals surface area contributed by atoms with E-state index in [9.17, 15) is 0 Å². The molecule has 0 unspecified atom stereocenters. The Morgan fingerprint density at radius 1 is 0.880 bits per heavy atom. The summed E-state index contributed by atoms with van der Waals surface area (Å²) in [6.07, 6.45) is 11.0. The van der Waals surface area contributed by atoms with Crippen LogP contribution in [0.4, 0.5) is 0 Å². The molecule has 0 aromatic heterocycles. The van der Waals surface area contributed by atoms with E-state index >= 15 is 0 Å². The number of hydrogen-bond acceptors (Lipinski definition) is 2. The van der Waals surface area contributed by atoms with Crippen molar-refractivity contribution in [1.29, 1.82) is 0 Å². The Labute approximate surface area is 158 Å². The summed E-state index contributed by atoms with van der Waals surface area (Å²) < 4.78 is 5.77. The lowest BCUT2D eigenvalue weighted by molar-refractivity contribution is -0.0499. The molecule has 1 aliphatic heterocycles. The molecule has 1 spiro atoms. The lowest BCUT2D eigenvalue weighted by Gasteiger charge is -2.55. The van der Waals surface area contributed by atoms with E-state index in [1.807, 2.05) is 0 Å². The molecule has 148 valence electrons. The van der Waals surface area contributed by atoms with Gasteiger partial charge in [-0.3, -0.25) is 0 Å². The Balaban J connectivity index is 1.46. The van der Waals surface area contributed by atoms with E-state index in [-0.39, 0.29) is 0 Å². The number of nitrogens with zero attached hydrogens (tertiary/aromatic N) is 1. The van der Waals surface area contributed by atoms with Crippen LogP contribution in [0.5, 0.6) is 0 Å². The lowest BCUT2D eigenvalue weighted by atomic mass is 9.61. The Hall–Kier alpha value is -0.0800. The quantitative estimate of drug-likeness (QED) is 0.486. The van der Waals surface area contributed by atoms with Crippen molar-refractivity contribution in [3.05, 3.63) is 0 Å². The van der Waals surface area contributed by atoms with Gasteiger partial charge in [0.1, 0.15) is 0 Å². The first kappa shape index (κ1) is 21.2. The summed E-state index contributed by atoms with van der Waals surface area (Å²) in [4.78, 5) is 2.71. The Bertz CT molecular complexity index is 374. The van der Waals surface area contributed by atoms with Gasteiger partial charge in [0.15, 0.2) is 0 Å². The Morgan fingerprint density at radius 2 is 1.52 bits per heavy atom. The van der Waals surface area contributed by atoms with Gasteiger partial charge < -0.3 is 9.64 Å². The molecule has 2 rings (SSSR count). The lowest BCUT2D eigenvalue weighted by Crippen LogP contribution is -2.58. The van der Waals surface area contributed by atoms with Gasteiger partial charge in [0.05, 0.1) is 0 Å². The molecule has 2 nitrogen and oxygen atoms in total. The zero-order chi connectivity index (χ0) is 18.6. The summed E-state index contributed by atoms with van der Waals surface area (Å²) in [7, 11) is 0. The van der Waals surface area contributed by atoms with E-state index in [4.69, 9.17) is 4.74 Å². The number of ether oxygens (including phenoxy) is 1. The van der Waals surface area contributed by atoms with Crippen LogP contribution in [0.1, 0.15) is 92.9 Å². The van der Waals surface area contributed by atoms with Crippen LogP contribution in [0.3, 0.4) is 0 Å². The smallest absolute Gasteiger partial charge is 0.0471 e. The SMILES string of the molecule is CC(C)(C)CCOCCCCCN1CC2(CCC(C(C)(C)C)CC2)C1. The Kier molecular flexibility index (Phi) is 7.42. The largest absolute Gasteiger partial charge is 0.381 e. The zero-order valence-electron chi connectivity index (χ0n) is 18.1. The first-order chi connectivity index (χ1) is 11.6. The van der Waals surface area contributed by atoms with Crippen molar-refractivity contribution in [2.75, 3.05) is 32.8 Å². The minimum Gasteiger partial charge on any atom is -0.381 e. The fourth-order valence-electron chi connectivity index (χ4n) is 4.67. The van der Waals surface area contributed by atoms with E-state index in [0.717, 1.165) is 19.1 Å². The molecule has 2 heteroatoms. The number of hydrogen-bond donors (Lipinski definition) is 0. The molecular formula is C23H45NO. The van der Waals surface area contributed by atoms with E-state index in [1.54, 1.807) is 0 Å². The first-order valence-corrected chi connectivity index (χ1v) is 10.9. The normalized spacial score (nSPS) is 22.3. The number of rotatable bonds is 8. The molecule has 0 bridgehead atoms. The van der Waals surface area contributed by atoms with Crippen molar-refractivity contribution in [3.8, 4) is 0 Å². The number of unbranched alkanes of at least 4 members (excludes halogenated alkanes) is 2. The standard InChI is InChI=1S/C23H45NO/c1-21(2,3)14-17-25-16-9-7-8-15-24-18-23(19-24)12-10-20(11-13-23)22(4,5)6/h20H,7-19H2,1-6H3. The Morgan fingerprint density at radius 3 is 2.08 bits per heavy atom. The molecule has 2 fully saturated rings. The van der Waals surface area contributed by atoms with E-state index in [0.29, 0.717) is 16.2 Å². The maximum atomic E-state index is 5.77. The van der Waals surface area contributed by atoms with Gasteiger partial charge in [-0.2, -0.15) is 0 Å². The highest BCUT2D eigenvalue weighted by Gasteiger charge is 2.45. The minimum atomic E-state index is 0.402. The summed E-state index contributed by atoms with van der Waals surface area (Å²) >= 11 is 0.